The van der Waals surface area contributed by atoms with E-state index in [-0.39, 0.29) is 0 Å². The van der Waals surface area contributed by atoms with E-state index >= 15 is 0 Å². The Bertz CT molecular complexity index is 425. The lowest BCUT2D eigenvalue weighted by molar-refractivity contribution is 0.104. The molecule has 0 aromatic carbocycles. The highest BCUT2D eigenvalue weighted by Crippen LogP contribution is 2.34. The van der Waals surface area contributed by atoms with E-state index in [1.54, 1.807) is 0 Å². The van der Waals surface area contributed by atoms with Crippen molar-refractivity contribution in [3.63, 3.8) is 0 Å². The molecule has 4 nitrogen and oxygen atoms in total. The van der Waals surface area contributed by atoms with Gasteiger partial charge < -0.3 is 4.74 Å². The summed E-state index contributed by atoms with van der Waals surface area (Å²) in [6, 6.07) is 0. The number of rotatable bonds is 6. The third-order valence-electron chi connectivity index (χ3n) is 4.19. The van der Waals surface area contributed by atoms with E-state index in [4.69, 9.17) is 9.84 Å². The molecule has 1 saturated carbocycles. The maximum Gasteiger partial charge on any atom is 0.0736 e. The monoisotopic (exact) mass is 263 g/mol. The number of aromatic nitrogens is 2. The maximum absolute atomic E-state index is 5.67. The summed E-state index contributed by atoms with van der Waals surface area (Å²) in [5, 5.41) is 4.74. The molecule has 1 aromatic rings. The van der Waals surface area contributed by atoms with Gasteiger partial charge in [0.15, 0.2) is 0 Å². The second-order valence-electron chi connectivity index (χ2n) is 5.89. The first-order valence-corrected chi connectivity index (χ1v) is 7.66. The highest BCUT2D eigenvalue weighted by Gasteiger charge is 2.32. The summed E-state index contributed by atoms with van der Waals surface area (Å²) in [7, 11) is 0. The van der Waals surface area contributed by atoms with Crippen LogP contribution >= 0.6 is 0 Å². The predicted molar refractivity (Wildman–Crippen MR) is 75.1 cm³/mol. The number of aryl methyl sites for hydroxylation is 1. The summed E-state index contributed by atoms with van der Waals surface area (Å²) in [4.78, 5) is 2.60. The van der Waals surface area contributed by atoms with Gasteiger partial charge in [0, 0.05) is 50.5 Å². The van der Waals surface area contributed by atoms with Crippen LogP contribution in [0.15, 0.2) is 6.20 Å². The van der Waals surface area contributed by atoms with E-state index in [0.717, 1.165) is 38.8 Å². The Morgan fingerprint density at radius 1 is 1.37 bits per heavy atom. The molecule has 1 atom stereocenters. The molecule has 1 aliphatic heterocycles. The third-order valence-corrected chi connectivity index (χ3v) is 4.19. The zero-order valence-electron chi connectivity index (χ0n) is 12.1. The molecule has 0 amide bonds. The van der Waals surface area contributed by atoms with E-state index in [9.17, 15) is 0 Å². The van der Waals surface area contributed by atoms with Crippen molar-refractivity contribution < 1.29 is 4.74 Å². The molecule has 0 bridgehead atoms. The smallest absolute Gasteiger partial charge is 0.0736 e. The Hall–Kier alpha value is -0.870. The number of nitrogens with zero attached hydrogens (tertiary/aromatic N) is 3. The molecule has 0 radical (unpaired) electrons. The SMILES string of the molecule is CCOCC1CN(CC2CC2)Cc2cn(CC)nc21. The average molecular weight is 263 g/mol. The van der Waals surface area contributed by atoms with Crippen LogP contribution in [-0.4, -0.2) is 41.0 Å². The number of hydrogen-bond acceptors (Lipinski definition) is 3. The first-order chi connectivity index (χ1) is 9.30. The van der Waals surface area contributed by atoms with Crippen molar-refractivity contribution in [3.05, 3.63) is 17.5 Å². The van der Waals surface area contributed by atoms with Crippen molar-refractivity contribution >= 4 is 0 Å². The van der Waals surface area contributed by atoms with Crippen LogP contribution in [0, 0.1) is 5.92 Å². The summed E-state index contributed by atoms with van der Waals surface area (Å²) < 4.78 is 7.74. The Morgan fingerprint density at radius 2 is 2.21 bits per heavy atom. The fraction of sp³-hybridized carbons (Fsp3) is 0.800. The maximum atomic E-state index is 5.67. The predicted octanol–water partition coefficient (Wildman–Crippen LogP) is 2.25. The highest BCUT2D eigenvalue weighted by molar-refractivity contribution is 5.24. The van der Waals surface area contributed by atoms with Gasteiger partial charge in [0.05, 0.1) is 12.3 Å². The topological polar surface area (TPSA) is 30.3 Å². The van der Waals surface area contributed by atoms with Crippen molar-refractivity contribution in [1.82, 2.24) is 14.7 Å². The summed E-state index contributed by atoms with van der Waals surface area (Å²) in [5.41, 5.74) is 2.70. The zero-order chi connectivity index (χ0) is 13.2. The van der Waals surface area contributed by atoms with Crippen LogP contribution < -0.4 is 0 Å². The van der Waals surface area contributed by atoms with Crippen LogP contribution in [0.4, 0.5) is 0 Å². The first-order valence-electron chi connectivity index (χ1n) is 7.66. The molecular weight excluding hydrogens is 238 g/mol. The molecule has 106 valence electrons. The van der Waals surface area contributed by atoms with Gasteiger partial charge in [0.1, 0.15) is 0 Å². The minimum atomic E-state index is 0.454. The highest BCUT2D eigenvalue weighted by atomic mass is 16.5. The minimum Gasteiger partial charge on any atom is -0.381 e. The standard InChI is InChI=1S/C15H25N3O/c1-3-18-10-13-8-17(7-12-5-6-12)9-14(11-19-4-2)15(13)16-18/h10,12,14H,3-9,11H2,1-2H3. The van der Waals surface area contributed by atoms with Gasteiger partial charge in [-0.15, -0.1) is 0 Å². The quantitative estimate of drug-likeness (QED) is 0.788. The molecular formula is C15H25N3O. The normalized spacial score (nSPS) is 23.6. The van der Waals surface area contributed by atoms with Gasteiger partial charge in [-0.2, -0.15) is 5.10 Å². The largest absolute Gasteiger partial charge is 0.381 e. The molecule has 0 N–H and O–H groups in total. The van der Waals surface area contributed by atoms with Crippen LogP contribution in [0.1, 0.15) is 43.9 Å². The Morgan fingerprint density at radius 3 is 2.89 bits per heavy atom. The second kappa shape index (κ2) is 5.63. The molecule has 19 heavy (non-hydrogen) atoms. The third kappa shape index (κ3) is 3.00. The van der Waals surface area contributed by atoms with Crippen LogP contribution in [0.25, 0.3) is 0 Å². The van der Waals surface area contributed by atoms with Gasteiger partial charge in [-0.05, 0) is 32.6 Å². The lowest BCUT2D eigenvalue weighted by Crippen LogP contribution is -2.36. The number of ether oxygens (including phenoxy) is 1. The molecule has 2 aliphatic rings. The second-order valence-corrected chi connectivity index (χ2v) is 5.89. The Labute approximate surface area is 115 Å². The number of fused-ring (bicyclic) bond motifs is 1. The Balaban J connectivity index is 1.75. The van der Waals surface area contributed by atoms with Crippen LogP contribution in [0.5, 0.6) is 0 Å². The van der Waals surface area contributed by atoms with E-state index in [1.165, 1.54) is 30.6 Å². The van der Waals surface area contributed by atoms with Crippen LogP contribution in [0.3, 0.4) is 0 Å². The van der Waals surface area contributed by atoms with E-state index in [0.29, 0.717) is 5.92 Å². The Kier molecular flexibility index (Phi) is 3.89. The van der Waals surface area contributed by atoms with Gasteiger partial charge in [-0.1, -0.05) is 0 Å². The summed E-state index contributed by atoms with van der Waals surface area (Å²) >= 11 is 0. The fourth-order valence-corrected chi connectivity index (χ4v) is 3.01. The molecule has 0 saturated heterocycles. The van der Waals surface area contributed by atoms with E-state index in [2.05, 4.69) is 29.6 Å². The van der Waals surface area contributed by atoms with Gasteiger partial charge in [0.2, 0.25) is 0 Å². The minimum absolute atomic E-state index is 0.454. The van der Waals surface area contributed by atoms with Gasteiger partial charge in [-0.25, -0.2) is 0 Å². The lowest BCUT2D eigenvalue weighted by atomic mass is 9.97. The molecule has 1 aliphatic carbocycles. The van der Waals surface area contributed by atoms with Gasteiger partial charge in [-0.3, -0.25) is 9.58 Å². The van der Waals surface area contributed by atoms with Gasteiger partial charge >= 0.3 is 0 Å². The summed E-state index contributed by atoms with van der Waals surface area (Å²) in [5.74, 6) is 1.41. The fourth-order valence-electron chi connectivity index (χ4n) is 3.01. The average Bonchev–Trinajstić information content (AvgIpc) is 3.12. The van der Waals surface area contributed by atoms with Crippen molar-refractivity contribution in [2.75, 3.05) is 26.3 Å². The molecule has 3 rings (SSSR count). The van der Waals surface area contributed by atoms with Crippen molar-refractivity contribution in [3.8, 4) is 0 Å². The van der Waals surface area contributed by atoms with Crippen LogP contribution in [-0.2, 0) is 17.8 Å². The van der Waals surface area contributed by atoms with Crippen LogP contribution in [0.2, 0.25) is 0 Å². The van der Waals surface area contributed by atoms with Crippen molar-refractivity contribution in [2.24, 2.45) is 5.92 Å². The molecule has 4 heteroatoms. The summed E-state index contributed by atoms with van der Waals surface area (Å²) in [6.45, 7) is 10.2. The van der Waals surface area contributed by atoms with Crippen molar-refractivity contribution in [1.29, 1.82) is 0 Å². The molecule has 2 heterocycles. The molecule has 1 fully saturated rings. The summed E-state index contributed by atoms with van der Waals surface area (Å²) in [6.07, 6.45) is 5.08. The van der Waals surface area contributed by atoms with E-state index in [1.807, 2.05) is 0 Å². The first kappa shape index (κ1) is 13.1. The van der Waals surface area contributed by atoms with Gasteiger partial charge in [0.25, 0.3) is 0 Å². The molecule has 1 unspecified atom stereocenters. The van der Waals surface area contributed by atoms with E-state index < -0.39 is 0 Å². The molecule has 1 aromatic heterocycles. The zero-order valence-corrected chi connectivity index (χ0v) is 12.1. The molecule has 0 spiro atoms. The van der Waals surface area contributed by atoms with Crippen molar-refractivity contribution in [2.45, 2.75) is 45.7 Å². The number of hydrogen-bond donors (Lipinski definition) is 0. The lowest BCUT2D eigenvalue weighted by Gasteiger charge is -2.31.